The Balaban J connectivity index is 3.85. The molecule has 0 saturated carbocycles. The summed E-state index contributed by atoms with van der Waals surface area (Å²) < 4.78 is 34.0. The summed E-state index contributed by atoms with van der Waals surface area (Å²) in [5.41, 5.74) is 0. The average molecular weight is 535 g/mol. The van der Waals surface area contributed by atoms with Gasteiger partial charge in [-0.25, -0.2) is 0 Å². The molecule has 0 bridgehead atoms. The van der Waals surface area contributed by atoms with Gasteiger partial charge >= 0.3 is 8.80 Å². The largest absolute Gasteiger partial charge is 0.501 e. The third kappa shape index (κ3) is 24.3. The van der Waals surface area contributed by atoms with Crippen LogP contribution in [-0.4, -0.2) is 69.8 Å². The zero-order chi connectivity index (χ0) is 26.4. The van der Waals surface area contributed by atoms with Crippen LogP contribution < -0.4 is 0 Å². The molecule has 0 aromatic rings. The van der Waals surface area contributed by atoms with Gasteiger partial charge in [-0.05, 0) is 6.42 Å². The van der Waals surface area contributed by atoms with E-state index in [1.165, 1.54) is 109 Å². The molecule has 0 aliphatic rings. The second kappa shape index (κ2) is 29.5. The third-order valence-electron chi connectivity index (χ3n) is 6.66. The molecule has 0 spiro atoms. The third-order valence-corrected chi connectivity index (χ3v) is 9.56. The van der Waals surface area contributed by atoms with Crippen LogP contribution in [0.5, 0.6) is 0 Å². The SMILES string of the molecule is CCCCCCCCCCCCCCCCCCCC[Si](OCCOC)(OCCOC)OCCOC. The second-order valence-electron chi connectivity index (χ2n) is 9.97. The normalized spacial score (nSPS) is 12.0. The molecule has 0 unspecified atom stereocenters. The minimum absolute atomic E-state index is 0.488. The molecule has 0 amide bonds. The van der Waals surface area contributed by atoms with E-state index in [0.29, 0.717) is 39.6 Å². The Morgan fingerprint density at radius 2 is 0.639 bits per heavy atom. The number of hydrogen-bond acceptors (Lipinski definition) is 6. The van der Waals surface area contributed by atoms with Crippen LogP contribution >= 0.6 is 0 Å². The van der Waals surface area contributed by atoms with Gasteiger partial charge in [0.1, 0.15) is 0 Å². The number of hydrogen-bond donors (Lipinski definition) is 0. The Kier molecular flexibility index (Phi) is 29.5. The van der Waals surface area contributed by atoms with E-state index in [0.717, 1.165) is 12.5 Å². The van der Waals surface area contributed by atoms with Gasteiger partial charge in [0, 0.05) is 27.4 Å². The van der Waals surface area contributed by atoms with Gasteiger partial charge in [-0.15, -0.1) is 0 Å². The number of rotatable bonds is 31. The molecule has 7 heteroatoms. The molecule has 0 radical (unpaired) electrons. The van der Waals surface area contributed by atoms with E-state index < -0.39 is 8.80 Å². The van der Waals surface area contributed by atoms with Gasteiger partial charge in [-0.2, -0.15) is 0 Å². The summed E-state index contributed by atoms with van der Waals surface area (Å²) in [6, 6.07) is 0.836. The monoisotopic (exact) mass is 534 g/mol. The lowest BCUT2D eigenvalue weighted by molar-refractivity contribution is 0.0142. The van der Waals surface area contributed by atoms with Crippen LogP contribution in [0.25, 0.3) is 0 Å². The molecule has 0 aliphatic heterocycles. The highest BCUT2D eigenvalue weighted by atomic mass is 28.4. The van der Waals surface area contributed by atoms with Crippen LogP contribution in [-0.2, 0) is 27.5 Å². The van der Waals surface area contributed by atoms with Crippen LogP contribution in [0.15, 0.2) is 0 Å². The van der Waals surface area contributed by atoms with Crippen molar-refractivity contribution in [1.29, 1.82) is 0 Å². The van der Waals surface area contributed by atoms with Gasteiger partial charge in [0.15, 0.2) is 0 Å². The maximum absolute atomic E-state index is 6.15. The summed E-state index contributed by atoms with van der Waals surface area (Å²) in [5.74, 6) is 0. The molecule has 6 nitrogen and oxygen atoms in total. The molecule has 0 saturated heterocycles. The Hall–Kier alpha value is -0.0231. The van der Waals surface area contributed by atoms with Crippen LogP contribution in [0.3, 0.4) is 0 Å². The first-order valence-corrected chi connectivity index (χ1v) is 17.1. The van der Waals surface area contributed by atoms with Crippen molar-refractivity contribution in [3.8, 4) is 0 Å². The molecule has 218 valence electrons. The minimum atomic E-state index is -2.76. The topological polar surface area (TPSA) is 55.4 Å². The minimum Gasteiger partial charge on any atom is -0.382 e. The number of ether oxygens (including phenoxy) is 3. The highest BCUT2D eigenvalue weighted by Crippen LogP contribution is 2.21. The highest BCUT2D eigenvalue weighted by Gasteiger charge is 2.40. The summed E-state index contributed by atoms with van der Waals surface area (Å²) in [5, 5.41) is 0. The molecule has 0 aliphatic carbocycles. The van der Waals surface area contributed by atoms with E-state index in [2.05, 4.69) is 6.92 Å². The summed E-state index contributed by atoms with van der Waals surface area (Å²) in [7, 11) is 2.29. The van der Waals surface area contributed by atoms with Crippen molar-refractivity contribution in [3.63, 3.8) is 0 Å². The highest BCUT2D eigenvalue weighted by molar-refractivity contribution is 6.60. The molecule has 0 atom stereocenters. The van der Waals surface area contributed by atoms with E-state index in [9.17, 15) is 0 Å². The van der Waals surface area contributed by atoms with E-state index >= 15 is 0 Å². The van der Waals surface area contributed by atoms with Gasteiger partial charge in [-0.1, -0.05) is 116 Å². The first-order chi connectivity index (χ1) is 17.7. The van der Waals surface area contributed by atoms with Crippen molar-refractivity contribution in [1.82, 2.24) is 0 Å². The van der Waals surface area contributed by atoms with E-state index in [-0.39, 0.29) is 0 Å². The van der Waals surface area contributed by atoms with Crippen LogP contribution in [0.1, 0.15) is 122 Å². The zero-order valence-electron chi connectivity index (χ0n) is 24.6. The maximum atomic E-state index is 6.15. The van der Waals surface area contributed by atoms with E-state index in [1.54, 1.807) is 21.3 Å². The quantitative estimate of drug-likeness (QED) is 0.0664. The van der Waals surface area contributed by atoms with Crippen molar-refractivity contribution in [2.75, 3.05) is 61.0 Å². The van der Waals surface area contributed by atoms with Crippen molar-refractivity contribution >= 4 is 8.80 Å². The first kappa shape index (κ1) is 36.0. The number of methoxy groups -OCH3 is 3. The fourth-order valence-corrected chi connectivity index (χ4v) is 6.98. The van der Waals surface area contributed by atoms with E-state index in [1.807, 2.05) is 0 Å². The van der Waals surface area contributed by atoms with Crippen molar-refractivity contribution < 1.29 is 27.5 Å². The summed E-state index contributed by atoms with van der Waals surface area (Å²) in [4.78, 5) is 0. The molecule has 0 aromatic carbocycles. The van der Waals surface area contributed by atoms with E-state index in [4.69, 9.17) is 27.5 Å². The van der Waals surface area contributed by atoms with Crippen LogP contribution in [0.2, 0.25) is 6.04 Å². The second-order valence-corrected chi connectivity index (χ2v) is 12.7. The smallest absolute Gasteiger partial charge is 0.382 e. The standard InChI is InChI=1S/C29H62O6Si/c1-5-6-7-8-9-10-11-12-13-14-15-16-17-18-19-20-21-22-29-36(33-26-23-30-2,34-27-24-31-3)35-28-25-32-4/h5-29H2,1-4H3. The summed E-state index contributed by atoms with van der Waals surface area (Å²) >= 11 is 0. The maximum Gasteiger partial charge on any atom is 0.501 e. The molecule has 0 heterocycles. The van der Waals surface area contributed by atoms with Crippen molar-refractivity contribution in [3.05, 3.63) is 0 Å². The molecular formula is C29H62O6Si. The Bertz CT molecular complexity index is 387. The average Bonchev–Trinajstić information content (AvgIpc) is 2.88. The van der Waals surface area contributed by atoms with Gasteiger partial charge in [0.2, 0.25) is 0 Å². The van der Waals surface area contributed by atoms with Crippen molar-refractivity contribution in [2.24, 2.45) is 0 Å². The molecule has 0 fully saturated rings. The van der Waals surface area contributed by atoms with Gasteiger partial charge in [0.25, 0.3) is 0 Å². The fourth-order valence-electron chi connectivity index (χ4n) is 4.43. The first-order valence-electron chi connectivity index (χ1n) is 15.1. The molecule has 0 aromatic heterocycles. The number of unbranched alkanes of at least 4 members (excludes halogenated alkanes) is 17. The molecular weight excluding hydrogens is 472 g/mol. The zero-order valence-corrected chi connectivity index (χ0v) is 25.6. The Labute approximate surface area is 225 Å². The van der Waals surface area contributed by atoms with Crippen LogP contribution in [0, 0.1) is 0 Å². The molecule has 36 heavy (non-hydrogen) atoms. The fraction of sp³-hybridized carbons (Fsp3) is 1.00. The summed E-state index contributed by atoms with van der Waals surface area (Å²) in [6.45, 7) is 5.36. The lowest BCUT2D eigenvalue weighted by atomic mass is 10.0. The molecule has 0 N–H and O–H groups in total. The predicted molar refractivity (Wildman–Crippen MR) is 153 cm³/mol. The lowest BCUT2D eigenvalue weighted by Gasteiger charge is -2.29. The van der Waals surface area contributed by atoms with Crippen LogP contribution in [0.4, 0.5) is 0 Å². The van der Waals surface area contributed by atoms with Gasteiger partial charge < -0.3 is 27.5 Å². The lowest BCUT2D eigenvalue weighted by Crippen LogP contribution is -2.48. The van der Waals surface area contributed by atoms with Gasteiger partial charge in [0.05, 0.1) is 39.6 Å². The summed E-state index contributed by atoms with van der Waals surface area (Å²) in [6.07, 6.45) is 24.7. The predicted octanol–water partition coefficient (Wildman–Crippen LogP) is 7.96. The molecule has 0 rings (SSSR count). The van der Waals surface area contributed by atoms with Crippen molar-refractivity contribution in [2.45, 2.75) is 129 Å². The van der Waals surface area contributed by atoms with Gasteiger partial charge in [-0.3, -0.25) is 0 Å². The Morgan fingerprint density at radius 3 is 0.917 bits per heavy atom. The Morgan fingerprint density at radius 1 is 0.361 bits per heavy atom.